The minimum atomic E-state index is 0.0489. The Morgan fingerprint density at radius 2 is 1.95 bits per heavy atom. The third-order valence-electron chi connectivity index (χ3n) is 2.91. The van der Waals surface area contributed by atoms with E-state index in [1.165, 1.54) is 5.56 Å². The highest BCUT2D eigenvalue weighted by Crippen LogP contribution is 2.08. The van der Waals surface area contributed by atoms with Gasteiger partial charge < -0.3 is 10.4 Å². The summed E-state index contributed by atoms with van der Waals surface area (Å²) in [5.74, 6) is 0. The van der Waals surface area contributed by atoms with Crippen molar-refractivity contribution in [3.8, 4) is 0 Å². The van der Waals surface area contributed by atoms with Crippen LogP contribution in [0.5, 0.6) is 0 Å². The Labute approximate surface area is 121 Å². The monoisotopic (exact) mass is 320 g/mol. The summed E-state index contributed by atoms with van der Waals surface area (Å²) in [4.78, 5) is 4.30. The van der Waals surface area contributed by atoms with E-state index in [-0.39, 0.29) is 12.6 Å². The molecule has 0 saturated carbocycles. The third-order valence-corrected chi connectivity index (χ3v) is 3.37. The maximum absolute atomic E-state index is 9.42. The van der Waals surface area contributed by atoms with Gasteiger partial charge in [0, 0.05) is 23.3 Å². The number of nitrogens with zero attached hydrogens (tertiary/aromatic N) is 1. The molecular weight excluding hydrogens is 304 g/mol. The highest BCUT2D eigenvalue weighted by Gasteiger charge is 2.08. The molecule has 2 aromatic rings. The van der Waals surface area contributed by atoms with Crippen molar-refractivity contribution < 1.29 is 5.11 Å². The largest absolute Gasteiger partial charge is 0.395 e. The molecule has 0 bridgehead atoms. The number of hydrogen-bond acceptors (Lipinski definition) is 3. The third kappa shape index (κ3) is 4.74. The lowest BCUT2D eigenvalue weighted by molar-refractivity contribution is 0.240. The van der Waals surface area contributed by atoms with Crippen LogP contribution >= 0.6 is 15.9 Å². The van der Waals surface area contributed by atoms with Gasteiger partial charge in [-0.15, -0.1) is 0 Å². The summed E-state index contributed by atoms with van der Waals surface area (Å²) >= 11 is 3.36. The molecule has 0 aliphatic rings. The number of nitrogens with one attached hydrogen (secondary N) is 1. The van der Waals surface area contributed by atoms with Gasteiger partial charge in [-0.1, -0.05) is 30.3 Å². The number of halogens is 1. The Hall–Kier alpha value is -1.23. The normalized spacial score (nSPS) is 12.3. The molecule has 3 nitrogen and oxygen atoms in total. The van der Waals surface area contributed by atoms with Crippen LogP contribution in [-0.4, -0.2) is 22.7 Å². The van der Waals surface area contributed by atoms with Crippen molar-refractivity contribution in [3.05, 3.63) is 64.4 Å². The smallest absolute Gasteiger partial charge is 0.0588 e. The van der Waals surface area contributed by atoms with Crippen molar-refractivity contribution in [2.45, 2.75) is 19.0 Å². The van der Waals surface area contributed by atoms with E-state index < -0.39 is 0 Å². The van der Waals surface area contributed by atoms with Gasteiger partial charge >= 0.3 is 0 Å². The fourth-order valence-electron chi connectivity index (χ4n) is 1.86. The van der Waals surface area contributed by atoms with Crippen LogP contribution in [0.15, 0.2) is 53.1 Å². The summed E-state index contributed by atoms with van der Waals surface area (Å²) in [6, 6.07) is 14.2. The first-order valence-electron chi connectivity index (χ1n) is 6.26. The van der Waals surface area contributed by atoms with Crippen LogP contribution in [0.1, 0.15) is 11.3 Å². The Morgan fingerprint density at radius 1 is 1.16 bits per heavy atom. The van der Waals surface area contributed by atoms with E-state index in [1.807, 2.05) is 30.3 Å². The summed E-state index contributed by atoms with van der Waals surface area (Å²) in [6.07, 6.45) is 2.59. The molecule has 2 N–H and O–H groups in total. The molecule has 0 unspecified atom stereocenters. The lowest BCUT2D eigenvalue weighted by atomic mass is 10.1. The average molecular weight is 321 g/mol. The van der Waals surface area contributed by atoms with E-state index >= 15 is 0 Å². The van der Waals surface area contributed by atoms with Crippen LogP contribution in [0.4, 0.5) is 0 Å². The zero-order chi connectivity index (χ0) is 13.5. The van der Waals surface area contributed by atoms with E-state index in [2.05, 4.69) is 38.4 Å². The molecule has 1 aromatic heterocycles. The second kappa shape index (κ2) is 7.38. The van der Waals surface area contributed by atoms with Crippen LogP contribution in [-0.2, 0) is 13.0 Å². The summed E-state index contributed by atoms with van der Waals surface area (Å²) in [6.45, 7) is 0.775. The Kier molecular flexibility index (Phi) is 5.51. The van der Waals surface area contributed by atoms with Crippen molar-refractivity contribution in [3.63, 3.8) is 0 Å². The average Bonchev–Trinajstić information content (AvgIpc) is 2.46. The van der Waals surface area contributed by atoms with Crippen molar-refractivity contribution >= 4 is 15.9 Å². The molecule has 0 aliphatic carbocycles. The van der Waals surface area contributed by atoms with Crippen molar-refractivity contribution in [2.24, 2.45) is 0 Å². The van der Waals surface area contributed by atoms with E-state index in [9.17, 15) is 5.11 Å². The predicted molar refractivity (Wildman–Crippen MR) is 79.8 cm³/mol. The molecule has 4 heteroatoms. The fraction of sp³-hybridized carbons (Fsp3) is 0.267. The minimum absolute atomic E-state index is 0.0489. The molecular formula is C15H17BrN2O. The van der Waals surface area contributed by atoms with Gasteiger partial charge in [0.25, 0.3) is 0 Å². The summed E-state index contributed by atoms with van der Waals surface area (Å²) < 4.78 is 0.972. The van der Waals surface area contributed by atoms with E-state index in [0.717, 1.165) is 16.6 Å². The molecule has 19 heavy (non-hydrogen) atoms. The summed E-state index contributed by atoms with van der Waals surface area (Å²) in [5.41, 5.74) is 2.19. The molecule has 0 radical (unpaired) electrons. The second-order valence-corrected chi connectivity index (χ2v) is 5.33. The van der Waals surface area contributed by atoms with Crippen LogP contribution in [0.25, 0.3) is 0 Å². The lowest BCUT2D eigenvalue weighted by Gasteiger charge is -2.16. The molecule has 0 aliphatic heterocycles. The second-order valence-electron chi connectivity index (χ2n) is 4.42. The number of aliphatic hydroxyl groups excluding tert-OH is 1. The first kappa shape index (κ1) is 14.2. The maximum Gasteiger partial charge on any atom is 0.0588 e. The zero-order valence-corrected chi connectivity index (χ0v) is 12.2. The van der Waals surface area contributed by atoms with Crippen LogP contribution in [0, 0.1) is 0 Å². The molecule has 0 amide bonds. The molecule has 1 heterocycles. The first-order valence-corrected chi connectivity index (χ1v) is 7.06. The number of pyridine rings is 1. The molecule has 1 atom stereocenters. The molecule has 0 fully saturated rings. The van der Waals surface area contributed by atoms with Crippen LogP contribution in [0.3, 0.4) is 0 Å². The van der Waals surface area contributed by atoms with E-state index in [4.69, 9.17) is 0 Å². The van der Waals surface area contributed by atoms with Gasteiger partial charge in [-0.2, -0.15) is 0 Å². The molecule has 0 saturated heterocycles. The highest BCUT2D eigenvalue weighted by molar-refractivity contribution is 9.10. The topological polar surface area (TPSA) is 45.1 Å². The van der Waals surface area contributed by atoms with Gasteiger partial charge in [-0.05, 0) is 40.0 Å². The number of aromatic nitrogens is 1. The van der Waals surface area contributed by atoms with E-state index in [1.54, 1.807) is 6.20 Å². The number of benzene rings is 1. The molecule has 0 spiro atoms. The van der Waals surface area contributed by atoms with Crippen molar-refractivity contribution in [2.75, 3.05) is 6.61 Å². The van der Waals surface area contributed by atoms with Crippen molar-refractivity contribution in [1.29, 1.82) is 0 Å². The Morgan fingerprint density at radius 3 is 2.58 bits per heavy atom. The van der Waals surface area contributed by atoms with Gasteiger partial charge in [0.2, 0.25) is 0 Å². The Balaban J connectivity index is 1.87. The molecule has 100 valence electrons. The zero-order valence-electron chi connectivity index (χ0n) is 10.6. The fourth-order valence-corrected chi connectivity index (χ4v) is 2.09. The van der Waals surface area contributed by atoms with Crippen LogP contribution in [0.2, 0.25) is 0 Å². The number of rotatable bonds is 6. The van der Waals surface area contributed by atoms with Crippen LogP contribution < -0.4 is 5.32 Å². The predicted octanol–water partition coefficient (Wildman–Crippen LogP) is 2.54. The maximum atomic E-state index is 9.42. The molecule has 2 rings (SSSR count). The van der Waals surface area contributed by atoms with Gasteiger partial charge in [-0.25, -0.2) is 0 Å². The minimum Gasteiger partial charge on any atom is -0.395 e. The number of hydrogen-bond donors (Lipinski definition) is 2. The van der Waals surface area contributed by atoms with Gasteiger partial charge in [0.1, 0.15) is 0 Å². The SMILES string of the molecule is OC[C@@H](Cc1ccccc1)NCc1ccc(Br)cn1. The quantitative estimate of drug-likeness (QED) is 0.859. The standard InChI is InChI=1S/C15H17BrN2O/c16-13-6-7-14(17-9-13)10-18-15(11-19)8-12-4-2-1-3-5-12/h1-7,9,15,18-19H,8,10-11H2/t15-/m1/s1. The first-order chi connectivity index (χ1) is 9.28. The Bertz CT molecular complexity index is 487. The summed E-state index contributed by atoms with van der Waals surface area (Å²) in [7, 11) is 0. The summed E-state index contributed by atoms with van der Waals surface area (Å²) in [5, 5.41) is 12.7. The lowest BCUT2D eigenvalue weighted by Crippen LogP contribution is -2.34. The van der Waals surface area contributed by atoms with E-state index in [0.29, 0.717) is 6.54 Å². The van der Waals surface area contributed by atoms with Gasteiger partial charge in [-0.3, -0.25) is 4.98 Å². The van der Waals surface area contributed by atoms with Gasteiger partial charge in [0.15, 0.2) is 0 Å². The van der Waals surface area contributed by atoms with Crippen molar-refractivity contribution in [1.82, 2.24) is 10.3 Å². The molecule has 1 aromatic carbocycles. The number of aliphatic hydroxyl groups is 1. The van der Waals surface area contributed by atoms with Gasteiger partial charge in [0.05, 0.1) is 12.3 Å². The highest BCUT2D eigenvalue weighted by atomic mass is 79.9.